The number of rotatable bonds is 9. The monoisotopic (exact) mass is 510 g/mol. The summed E-state index contributed by atoms with van der Waals surface area (Å²) in [6.07, 6.45) is 3.12. The van der Waals surface area contributed by atoms with Crippen LogP contribution in [0, 0.1) is 17.1 Å². The number of hydrogen-bond acceptors (Lipinski definition) is 7. The third-order valence-electron chi connectivity index (χ3n) is 5.43. The minimum Gasteiger partial charge on any atom is -0.493 e. The fourth-order valence-electron chi connectivity index (χ4n) is 3.75. The molecule has 190 valence electrons. The lowest BCUT2D eigenvalue weighted by molar-refractivity contribution is 0.323. The van der Waals surface area contributed by atoms with Gasteiger partial charge in [-0.15, -0.1) is 17.9 Å². The molecule has 2 unspecified atom stereocenters. The summed E-state index contributed by atoms with van der Waals surface area (Å²) in [7, 11) is 8.24. The van der Waals surface area contributed by atoms with Gasteiger partial charge in [-0.25, -0.2) is 4.39 Å². The average molecular weight is 511 g/mol. The maximum atomic E-state index is 13.9. The third-order valence-corrected chi connectivity index (χ3v) is 6.45. The lowest BCUT2D eigenvalue weighted by Crippen LogP contribution is -2.22. The van der Waals surface area contributed by atoms with Crippen LogP contribution in [-0.2, 0) is 0 Å². The quantitative estimate of drug-likeness (QED) is 0.231. The van der Waals surface area contributed by atoms with Crippen molar-refractivity contribution in [2.45, 2.75) is 12.0 Å². The number of nitrogens with zero attached hydrogens (tertiary/aromatic N) is 2. The van der Waals surface area contributed by atoms with Gasteiger partial charge in [-0.05, 0) is 65.5 Å². The second kappa shape index (κ2) is 13.9. The van der Waals surface area contributed by atoms with Crippen molar-refractivity contribution in [3.05, 3.63) is 76.3 Å². The Labute approximate surface area is 215 Å². The average Bonchev–Trinajstić information content (AvgIpc) is 3.40. The van der Waals surface area contributed by atoms with Crippen molar-refractivity contribution in [1.29, 1.82) is 5.26 Å². The standard InChI is InChI=1S/C25H25FN2O3S.C2H6N2/c1-6-20(17-10-21(29-3)25(31-5)22(11-17)30-4)24(28-2)23-12-18(14-32-23)16-7-15(13-27)8-19(26)9-16;1-4-2-3/h6-12,14,20,24,28H,1H2,2-5H3;2H,1H3,(H2,3,4). The molecule has 0 bridgehead atoms. The second-order valence-electron chi connectivity index (χ2n) is 7.47. The van der Waals surface area contributed by atoms with Crippen molar-refractivity contribution in [3.8, 4) is 34.4 Å². The van der Waals surface area contributed by atoms with Crippen molar-refractivity contribution < 1.29 is 18.6 Å². The molecule has 0 fully saturated rings. The van der Waals surface area contributed by atoms with Crippen LogP contribution >= 0.6 is 11.3 Å². The maximum absolute atomic E-state index is 13.9. The Hall–Kier alpha value is -3.87. The Morgan fingerprint density at radius 3 is 2.19 bits per heavy atom. The van der Waals surface area contributed by atoms with E-state index in [1.165, 1.54) is 18.5 Å². The van der Waals surface area contributed by atoms with Crippen LogP contribution in [0.1, 0.15) is 28.0 Å². The molecule has 0 aliphatic heterocycles. The smallest absolute Gasteiger partial charge is 0.203 e. The van der Waals surface area contributed by atoms with E-state index in [1.807, 2.05) is 42.8 Å². The van der Waals surface area contributed by atoms with Crippen molar-refractivity contribution in [1.82, 2.24) is 5.32 Å². The molecule has 2 atom stereocenters. The van der Waals surface area contributed by atoms with Crippen LogP contribution in [0.15, 0.2) is 59.4 Å². The molecule has 0 saturated heterocycles. The number of hydrogen-bond donors (Lipinski definition) is 2. The minimum absolute atomic E-state index is 0.0990. The fraction of sp³-hybridized carbons (Fsp3) is 0.259. The highest BCUT2D eigenvalue weighted by atomic mass is 32.1. The van der Waals surface area contributed by atoms with Crippen LogP contribution in [0.3, 0.4) is 0 Å². The normalized spacial score (nSPS) is 12.1. The Balaban J connectivity index is 0.00000106. The second-order valence-corrected chi connectivity index (χ2v) is 8.41. The largest absolute Gasteiger partial charge is 0.493 e. The SMILES string of the molecule is C=CC(c1cc(OC)c(OC)c(OC)c1)C(NC)c1cc(-c2cc(F)cc(C#N)c2)cs1.CN=CN. The summed E-state index contributed by atoms with van der Waals surface area (Å²) in [6, 6.07) is 12.1. The molecule has 1 aromatic heterocycles. The Morgan fingerprint density at radius 2 is 1.72 bits per heavy atom. The van der Waals surface area contributed by atoms with E-state index in [1.54, 1.807) is 45.8 Å². The summed E-state index contributed by atoms with van der Waals surface area (Å²) >= 11 is 1.56. The molecule has 3 rings (SSSR count). The molecule has 2 aromatic carbocycles. The van der Waals surface area contributed by atoms with Gasteiger partial charge in [0.1, 0.15) is 5.82 Å². The van der Waals surface area contributed by atoms with Gasteiger partial charge in [0, 0.05) is 17.8 Å². The first-order chi connectivity index (χ1) is 17.4. The van der Waals surface area contributed by atoms with E-state index in [0.717, 1.165) is 16.0 Å². The molecule has 9 heteroatoms. The zero-order chi connectivity index (χ0) is 26.7. The number of nitriles is 1. The highest BCUT2D eigenvalue weighted by molar-refractivity contribution is 7.10. The van der Waals surface area contributed by atoms with Gasteiger partial charge in [0.2, 0.25) is 5.75 Å². The summed E-state index contributed by atoms with van der Waals surface area (Å²) < 4.78 is 30.4. The molecule has 0 amide bonds. The van der Waals surface area contributed by atoms with Crippen molar-refractivity contribution >= 4 is 17.7 Å². The predicted octanol–water partition coefficient (Wildman–Crippen LogP) is 5.29. The van der Waals surface area contributed by atoms with Crippen LogP contribution in [0.2, 0.25) is 0 Å². The van der Waals surface area contributed by atoms with E-state index in [0.29, 0.717) is 28.4 Å². The Kier molecular flexibility index (Phi) is 10.9. The number of ether oxygens (including phenoxy) is 3. The van der Waals surface area contributed by atoms with E-state index < -0.39 is 5.82 Å². The lowest BCUT2D eigenvalue weighted by Gasteiger charge is -2.25. The summed E-state index contributed by atoms with van der Waals surface area (Å²) in [5.41, 5.74) is 7.50. The number of aliphatic imine (C=N–C) groups is 1. The van der Waals surface area contributed by atoms with E-state index in [-0.39, 0.29) is 12.0 Å². The molecule has 0 aliphatic carbocycles. The van der Waals surface area contributed by atoms with E-state index in [4.69, 9.17) is 25.2 Å². The van der Waals surface area contributed by atoms with Gasteiger partial charge in [0.05, 0.1) is 45.3 Å². The number of nitrogens with one attached hydrogen (secondary N) is 1. The first-order valence-electron chi connectivity index (χ1n) is 10.9. The molecular weight excluding hydrogens is 479 g/mol. The number of thiophene rings is 1. The highest BCUT2D eigenvalue weighted by Gasteiger charge is 2.25. The van der Waals surface area contributed by atoms with Gasteiger partial charge in [0.15, 0.2) is 11.5 Å². The van der Waals surface area contributed by atoms with Gasteiger partial charge < -0.3 is 25.3 Å². The molecule has 0 aliphatic rings. The first-order valence-corrected chi connectivity index (χ1v) is 11.8. The van der Waals surface area contributed by atoms with Crippen molar-refractivity contribution in [3.63, 3.8) is 0 Å². The maximum Gasteiger partial charge on any atom is 0.203 e. The van der Waals surface area contributed by atoms with E-state index in [2.05, 4.69) is 16.9 Å². The Bertz CT molecular complexity index is 1210. The van der Waals surface area contributed by atoms with Gasteiger partial charge >= 0.3 is 0 Å². The fourth-order valence-corrected chi connectivity index (χ4v) is 4.82. The van der Waals surface area contributed by atoms with Crippen LogP contribution in [-0.4, -0.2) is 41.8 Å². The van der Waals surface area contributed by atoms with Crippen molar-refractivity contribution in [2.75, 3.05) is 35.4 Å². The lowest BCUT2D eigenvalue weighted by atomic mass is 9.89. The third kappa shape index (κ3) is 6.62. The molecule has 1 heterocycles. The van der Waals surface area contributed by atoms with E-state index in [9.17, 15) is 4.39 Å². The predicted molar refractivity (Wildman–Crippen MR) is 144 cm³/mol. The molecule has 0 saturated carbocycles. The molecule has 36 heavy (non-hydrogen) atoms. The Morgan fingerprint density at radius 1 is 1.08 bits per heavy atom. The molecule has 3 aromatic rings. The molecular formula is C27H31FN4O3S. The summed E-state index contributed by atoms with van der Waals surface area (Å²) in [6.45, 7) is 4.05. The van der Waals surface area contributed by atoms with Gasteiger partial charge in [0.25, 0.3) is 0 Å². The number of methoxy groups -OCH3 is 3. The number of nitrogens with two attached hydrogens (primary N) is 1. The van der Waals surface area contributed by atoms with Crippen LogP contribution < -0.4 is 25.3 Å². The van der Waals surface area contributed by atoms with Crippen LogP contribution in [0.4, 0.5) is 4.39 Å². The molecule has 3 N–H and O–H groups in total. The van der Waals surface area contributed by atoms with Crippen LogP contribution in [0.5, 0.6) is 17.2 Å². The summed E-state index contributed by atoms with van der Waals surface area (Å²) in [4.78, 5) is 4.43. The van der Waals surface area contributed by atoms with Gasteiger partial charge in [-0.3, -0.25) is 4.99 Å². The minimum atomic E-state index is -0.432. The number of halogens is 1. The van der Waals surface area contributed by atoms with Crippen molar-refractivity contribution in [2.24, 2.45) is 10.7 Å². The molecule has 0 spiro atoms. The molecule has 0 radical (unpaired) electrons. The number of likely N-dealkylation sites (N-methyl/N-ethyl adjacent to an activating group) is 1. The van der Waals surface area contributed by atoms with Gasteiger partial charge in [-0.2, -0.15) is 5.26 Å². The zero-order valence-electron chi connectivity index (χ0n) is 21.0. The highest BCUT2D eigenvalue weighted by Crippen LogP contribution is 2.44. The zero-order valence-corrected chi connectivity index (χ0v) is 21.9. The molecule has 7 nitrogen and oxygen atoms in total. The topological polar surface area (TPSA) is 102 Å². The summed E-state index contributed by atoms with van der Waals surface area (Å²) in [5.74, 6) is 1.12. The number of benzene rings is 2. The van der Waals surface area contributed by atoms with Crippen LogP contribution in [0.25, 0.3) is 11.1 Å². The summed E-state index contributed by atoms with van der Waals surface area (Å²) in [5, 5.41) is 14.5. The van der Waals surface area contributed by atoms with Gasteiger partial charge in [-0.1, -0.05) is 6.08 Å². The first kappa shape index (κ1) is 28.4. The van der Waals surface area contributed by atoms with E-state index >= 15 is 0 Å².